The lowest BCUT2D eigenvalue weighted by Gasteiger charge is -2.14. The number of halogens is 1. The van der Waals surface area contributed by atoms with Crippen molar-refractivity contribution >= 4 is 35.6 Å². The number of anilines is 1. The van der Waals surface area contributed by atoms with Gasteiger partial charge in [0.05, 0.1) is 13.2 Å². The van der Waals surface area contributed by atoms with Crippen molar-refractivity contribution in [1.82, 2.24) is 5.32 Å². The van der Waals surface area contributed by atoms with Gasteiger partial charge in [-0.2, -0.15) is 0 Å². The number of guanidine groups is 1. The van der Waals surface area contributed by atoms with E-state index in [1.807, 2.05) is 25.1 Å². The summed E-state index contributed by atoms with van der Waals surface area (Å²) in [5.41, 5.74) is 0.919. The predicted molar refractivity (Wildman–Crippen MR) is 104 cm³/mol. The first-order chi connectivity index (χ1) is 10.8. The number of fused-ring (bicyclic) bond motifs is 1. The Bertz CT molecular complexity index is 497. The highest BCUT2D eigenvalue weighted by Crippen LogP contribution is 2.32. The first kappa shape index (κ1) is 19.8. The average molecular weight is 435 g/mol. The van der Waals surface area contributed by atoms with Crippen molar-refractivity contribution < 1.29 is 14.2 Å². The van der Waals surface area contributed by atoms with Gasteiger partial charge in [0.15, 0.2) is 17.5 Å². The van der Waals surface area contributed by atoms with Crippen LogP contribution in [0.2, 0.25) is 0 Å². The van der Waals surface area contributed by atoms with E-state index in [-0.39, 0.29) is 24.0 Å². The predicted octanol–water partition coefficient (Wildman–Crippen LogP) is 2.88. The third-order valence-corrected chi connectivity index (χ3v) is 3.20. The lowest BCUT2D eigenvalue weighted by molar-refractivity contribution is 0.146. The summed E-state index contributed by atoms with van der Waals surface area (Å²) >= 11 is 0. The Balaban J connectivity index is 0.00000264. The molecule has 0 aromatic heterocycles. The molecule has 0 bridgehead atoms. The second-order valence-corrected chi connectivity index (χ2v) is 4.89. The molecule has 0 aliphatic carbocycles. The molecule has 1 aliphatic heterocycles. The van der Waals surface area contributed by atoms with Crippen LogP contribution >= 0.6 is 24.0 Å². The summed E-state index contributed by atoms with van der Waals surface area (Å²) in [6, 6.07) is 5.82. The van der Waals surface area contributed by atoms with Crippen LogP contribution < -0.4 is 20.1 Å². The number of hydrogen-bond acceptors (Lipinski definition) is 4. The summed E-state index contributed by atoms with van der Waals surface area (Å²) in [5, 5.41) is 6.51. The topological polar surface area (TPSA) is 64.1 Å². The van der Waals surface area contributed by atoms with Gasteiger partial charge >= 0.3 is 0 Å². The molecule has 6 nitrogen and oxygen atoms in total. The highest BCUT2D eigenvalue weighted by molar-refractivity contribution is 14.0. The molecule has 23 heavy (non-hydrogen) atoms. The minimum Gasteiger partial charge on any atom is -0.490 e. The fourth-order valence-electron chi connectivity index (χ4n) is 2.08. The lowest BCUT2D eigenvalue weighted by atomic mass is 10.3. The number of hydrogen-bond donors (Lipinski definition) is 2. The van der Waals surface area contributed by atoms with Gasteiger partial charge in [-0.25, -0.2) is 0 Å². The molecule has 2 rings (SSSR count). The molecule has 1 aromatic rings. The molecular formula is C16H26IN3O3. The second-order valence-electron chi connectivity index (χ2n) is 4.89. The molecule has 0 spiro atoms. The van der Waals surface area contributed by atoms with Gasteiger partial charge in [0.2, 0.25) is 0 Å². The van der Waals surface area contributed by atoms with Crippen LogP contribution in [0.15, 0.2) is 23.2 Å². The van der Waals surface area contributed by atoms with Gasteiger partial charge in [-0.1, -0.05) is 0 Å². The van der Waals surface area contributed by atoms with Crippen LogP contribution in [0.1, 0.15) is 19.8 Å². The van der Waals surface area contributed by atoms with Crippen LogP contribution in [0.4, 0.5) is 5.69 Å². The minimum absolute atomic E-state index is 0. The van der Waals surface area contributed by atoms with Crippen molar-refractivity contribution in [1.29, 1.82) is 0 Å². The molecule has 7 heteroatoms. The third kappa shape index (κ3) is 6.82. The van der Waals surface area contributed by atoms with Crippen LogP contribution in [-0.4, -0.2) is 46.0 Å². The van der Waals surface area contributed by atoms with E-state index in [1.54, 1.807) is 7.05 Å². The summed E-state index contributed by atoms with van der Waals surface area (Å²) in [6.07, 6.45) is 1.84. The van der Waals surface area contributed by atoms with Gasteiger partial charge in [0.25, 0.3) is 0 Å². The van der Waals surface area contributed by atoms with Gasteiger partial charge in [0, 0.05) is 45.0 Å². The Morgan fingerprint density at radius 3 is 2.78 bits per heavy atom. The van der Waals surface area contributed by atoms with E-state index in [4.69, 9.17) is 14.2 Å². The minimum atomic E-state index is 0. The maximum atomic E-state index is 5.69. The molecule has 0 amide bonds. The Morgan fingerprint density at radius 2 is 2.04 bits per heavy atom. The normalized spacial score (nSPS) is 13.7. The standard InChI is InChI=1S/C16H25N3O3.HI/c1-3-20-9-4-8-18-16(17-2)19-13-6-7-14-15(12-13)22-11-5-10-21-14;/h6-7,12H,3-5,8-11H2,1-2H3,(H2,17,18,19);1H. The van der Waals surface area contributed by atoms with Crippen molar-refractivity contribution in [2.24, 2.45) is 4.99 Å². The summed E-state index contributed by atoms with van der Waals surface area (Å²) in [4.78, 5) is 4.21. The maximum Gasteiger partial charge on any atom is 0.195 e. The summed E-state index contributed by atoms with van der Waals surface area (Å²) in [6.45, 7) is 5.70. The van der Waals surface area contributed by atoms with Crippen molar-refractivity contribution in [3.8, 4) is 11.5 Å². The van der Waals surface area contributed by atoms with Crippen molar-refractivity contribution in [2.75, 3.05) is 45.3 Å². The molecule has 1 aromatic carbocycles. The molecule has 1 aliphatic rings. The first-order valence-electron chi connectivity index (χ1n) is 7.78. The summed E-state index contributed by atoms with van der Waals surface area (Å²) in [7, 11) is 1.75. The van der Waals surface area contributed by atoms with E-state index in [9.17, 15) is 0 Å². The molecule has 1 heterocycles. The molecule has 2 N–H and O–H groups in total. The number of ether oxygens (including phenoxy) is 3. The molecule has 0 radical (unpaired) electrons. The molecule has 0 unspecified atom stereocenters. The highest BCUT2D eigenvalue weighted by Gasteiger charge is 2.11. The Morgan fingerprint density at radius 1 is 1.26 bits per heavy atom. The zero-order chi connectivity index (χ0) is 15.6. The fraction of sp³-hybridized carbons (Fsp3) is 0.562. The first-order valence-corrected chi connectivity index (χ1v) is 7.78. The van der Waals surface area contributed by atoms with Crippen LogP contribution in [0, 0.1) is 0 Å². The number of rotatable bonds is 6. The number of aliphatic imine (C=N–C) groups is 1. The second kappa shape index (κ2) is 11.3. The van der Waals surface area contributed by atoms with E-state index < -0.39 is 0 Å². The van der Waals surface area contributed by atoms with Crippen molar-refractivity contribution in [3.63, 3.8) is 0 Å². The Labute approximate surface area is 155 Å². The molecule has 130 valence electrons. The van der Waals surface area contributed by atoms with E-state index >= 15 is 0 Å². The maximum absolute atomic E-state index is 5.69. The van der Waals surface area contributed by atoms with E-state index in [1.165, 1.54) is 0 Å². The Kier molecular flexibility index (Phi) is 9.77. The van der Waals surface area contributed by atoms with Gasteiger partial charge in [-0.05, 0) is 25.5 Å². The quantitative estimate of drug-likeness (QED) is 0.312. The largest absolute Gasteiger partial charge is 0.490 e. The molecule has 0 saturated carbocycles. The van der Waals surface area contributed by atoms with E-state index in [0.717, 1.165) is 55.7 Å². The van der Waals surface area contributed by atoms with Crippen molar-refractivity contribution in [3.05, 3.63) is 18.2 Å². The number of nitrogens with one attached hydrogen (secondary N) is 2. The van der Waals surface area contributed by atoms with Crippen molar-refractivity contribution in [2.45, 2.75) is 19.8 Å². The highest BCUT2D eigenvalue weighted by atomic mass is 127. The van der Waals surface area contributed by atoms with Crippen LogP contribution in [0.3, 0.4) is 0 Å². The van der Waals surface area contributed by atoms with E-state index in [0.29, 0.717) is 13.2 Å². The molecule has 0 atom stereocenters. The number of benzene rings is 1. The SMILES string of the molecule is CCOCCCNC(=NC)Nc1ccc2c(c1)OCCCO2.I. The monoisotopic (exact) mass is 435 g/mol. The van der Waals surface area contributed by atoms with Gasteiger partial charge < -0.3 is 24.8 Å². The van der Waals surface area contributed by atoms with E-state index in [2.05, 4.69) is 15.6 Å². The van der Waals surface area contributed by atoms with Crippen LogP contribution in [-0.2, 0) is 4.74 Å². The molecule has 0 saturated heterocycles. The molecular weight excluding hydrogens is 409 g/mol. The van der Waals surface area contributed by atoms with Gasteiger partial charge in [-0.3, -0.25) is 4.99 Å². The van der Waals surface area contributed by atoms with Gasteiger partial charge in [0.1, 0.15) is 0 Å². The summed E-state index contributed by atoms with van der Waals surface area (Å²) < 4.78 is 16.6. The van der Waals surface area contributed by atoms with Gasteiger partial charge in [-0.15, -0.1) is 24.0 Å². The van der Waals surface area contributed by atoms with Crippen LogP contribution in [0.5, 0.6) is 11.5 Å². The Hall–Kier alpha value is -1.22. The average Bonchev–Trinajstić information content (AvgIpc) is 2.78. The zero-order valence-electron chi connectivity index (χ0n) is 13.8. The lowest BCUT2D eigenvalue weighted by Crippen LogP contribution is -2.31. The smallest absolute Gasteiger partial charge is 0.195 e. The zero-order valence-corrected chi connectivity index (χ0v) is 16.1. The fourth-order valence-corrected chi connectivity index (χ4v) is 2.08. The molecule has 0 fully saturated rings. The summed E-state index contributed by atoms with van der Waals surface area (Å²) in [5.74, 6) is 2.29. The third-order valence-electron chi connectivity index (χ3n) is 3.20. The van der Waals surface area contributed by atoms with Crippen LogP contribution in [0.25, 0.3) is 0 Å². The number of nitrogens with zero attached hydrogens (tertiary/aromatic N) is 1.